The number of halogens is 1. The molecule has 0 saturated carbocycles. The Morgan fingerprint density at radius 1 is 1.42 bits per heavy atom. The molecule has 1 aromatic rings. The molecule has 1 aliphatic carbocycles. The molecule has 1 atom stereocenters. The van der Waals surface area contributed by atoms with Crippen LogP contribution in [0, 0.1) is 11.3 Å². The van der Waals surface area contributed by atoms with Crippen molar-refractivity contribution in [2.45, 2.75) is 19.8 Å². The van der Waals surface area contributed by atoms with E-state index in [0.29, 0.717) is 17.0 Å². The molecular weight excluding hydrogens is 393 g/mol. The maximum atomic E-state index is 13.2. The number of anilines is 1. The fourth-order valence-corrected chi connectivity index (χ4v) is 4.37. The van der Waals surface area contributed by atoms with E-state index >= 15 is 0 Å². The summed E-state index contributed by atoms with van der Waals surface area (Å²) < 4.78 is 24.8. The van der Waals surface area contributed by atoms with Crippen LogP contribution in [-0.4, -0.2) is 13.7 Å². The summed E-state index contributed by atoms with van der Waals surface area (Å²) in [5.74, 6) is 0.419. The molecule has 8 heteroatoms. The number of nitrogens with zero attached hydrogens (tertiary/aromatic N) is 1. The van der Waals surface area contributed by atoms with Gasteiger partial charge in [0.1, 0.15) is 5.75 Å². The first-order valence-corrected chi connectivity index (χ1v) is 9.87. The largest absolute Gasteiger partial charge is 0.495 e. The van der Waals surface area contributed by atoms with E-state index in [9.17, 15) is 4.57 Å². The smallest absolute Gasteiger partial charge is 0.391 e. The molecular formula is C16H19BrN3O3P. The minimum atomic E-state index is -3.41. The molecule has 0 fully saturated rings. The maximum absolute atomic E-state index is 13.2. The summed E-state index contributed by atoms with van der Waals surface area (Å²) in [5, 5.41) is 14.8. The molecule has 0 radical (unpaired) electrons. The van der Waals surface area contributed by atoms with Crippen molar-refractivity contribution in [3.8, 4) is 11.8 Å². The van der Waals surface area contributed by atoms with Gasteiger partial charge >= 0.3 is 7.67 Å². The Bertz CT molecular complexity index is 755. The second kappa shape index (κ2) is 8.39. The first-order chi connectivity index (χ1) is 11.5. The van der Waals surface area contributed by atoms with Crippen LogP contribution in [0.4, 0.5) is 5.69 Å². The van der Waals surface area contributed by atoms with Crippen LogP contribution in [-0.2, 0) is 9.09 Å². The van der Waals surface area contributed by atoms with Crippen molar-refractivity contribution >= 4 is 29.3 Å². The van der Waals surface area contributed by atoms with Gasteiger partial charge in [0.05, 0.1) is 36.7 Å². The third kappa shape index (κ3) is 4.64. The average Bonchev–Trinajstić information content (AvgIpc) is 2.57. The van der Waals surface area contributed by atoms with Crippen molar-refractivity contribution in [1.82, 2.24) is 5.09 Å². The SMILES string of the molecule is CCOP(=O)(NC1=C(Br)CCC=C1)Nc1ccc(C#N)cc1OC. The summed E-state index contributed by atoms with van der Waals surface area (Å²) in [7, 11) is -1.92. The number of nitrogens with one attached hydrogen (secondary N) is 2. The van der Waals surface area contributed by atoms with Gasteiger partial charge in [-0.05, 0) is 38.0 Å². The molecule has 1 aromatic carbocycles. The molecule has 0 spiro atoms. The van der Waals surface area contributed by atoms with Gasteiger partial charge in [-0.15, -0.1) is 0 Å². The number of nitriles is 1. The lowest BCUT2D eigenvalue weighted by Gasteiger charge is -2.24. The Kier molecular flexibility index (Phi) is 6.50. The van der Waals surface area contributed by atoms with Crippen LogP contribution in [0.25, 0.3) is 0 Å². The first-order valence-electron chi connectivity index (χ1n) is 7.45. The molecule has 2 rings (SSSR count). The van der Waals surface area contributed by atoms with E-state index in [-0.39, 0.29) is 6.61 Å². The van der Waals surface area contributed by atoms with Crippen LogP contribution in [0.5, 0.6) is 5.75 Å². The molecule has 1 unspecified atom stereocenters. The third-order valence-electron chi connectivity index (χ3n) is 3.28. The predicted molar refractivity (Wildman–Crippen MR) is 98.0 cm³/mol. The molecule has 128 valence electrons. The van der Waals surface area contributed by atoms with Gasteiger partial charge in [0.15, 0.2) is 0 Å². The van der Waals surface area contributed by atoms with Crippen LogP contribution in [0.1, 0.15) is 25.3 Å². The summed E-state index contributed by atoms with van der Waals surface area (Å²) in [4.78, 5) is 0. The molecule has 1 aliphatic rings. The van der Waals surface area contributed by atoms with E-state index in [1.165, 1.54) is 7.11 Å². The van der Waals surface area contributed by atoms with Gasteiger partial charge in [-0.1, -0.05) is 22.0 Å². The third-order valence-corrected chi connectivity index (χ3v) is 5.80. The fraction of sp³-hybridized carbons (Fsp3) is 0.312. The first kappa shape index (κ1) is 18.6. The summed E-state index contributed by atoms with van der Waals surface area (Å²) in [5.41, 5.74) is 1.66. The molecule has 0 aliphatic heterocycles. The van der Waals surface area contributed by atoms with Gasteiger partial charge in [0.25, 0.3) is 0 Å². The van der Waals surface area contributed by atoms with E-state index in [2.05, 4.69) is 26.1 Å². The standard InChI is InChI=1S/C16H19BrN3O3P/c1-3-23-24(21,19-14-7-5-4-6-13(14)17)20-15-9-8-12(11-18)10-16(15)22-2/h5,7-10H,3-4,6H2,1-2H3,(H2,19,20,21). The number of hydrogen-bond acceptors (Lipinski definition) is 4. The van der Waals surface area contributed by atoms with Crippen LogP contribution in [0.2, 0.25) is 0 Å². The summed E-state index contributed by atoms with van der Waals surface area (Å²) >= 11 is 3.49. The molecule has 0 heterocycles. The second-order valence-corrected chi connectivity index (χ2v) is 7.74. The minimum Gasteiger partial charge on any atom is -0.495 e. The van der Waals surface area contributed by atoms with Gasteiger partial charge in [0.2, 0.25) is 0 Å². The van der Waals surface area contributed by atoms with Crippen LogP contribution >= 0.6 is 23.6 Å². The minimum absolute atomic E-state index is 0.268. The van der Waals surface area contributed by atoms with Crippen molar-refractivity contribution in [1.29, 1.82) is 5.26 Å². The zero-order valence-corrected chi connectivity index (χ0v) is 16.0. The lowest BCUT2D eigenvalue weighted by Crippen LogP contribution is -2.19. The van der Waals surface area contributed by atoms with Gasteiger partial charge in [-0.2, -0.15) is 5.26 Å². The Hall–Kier alpha value is -1.74. The van der Waals surface area contributed by atoms with E-state index < -0.39 is 7.67 Å². The van der Waals surface area contributed by atoms with E-state index in [1.807, 2.05) is 18.2 Å². The monoisotopic (exact) mass is 411 g/mol. The van der Waals surface area contributed by atoms with Gasteiger partial charge in [-0.25, -0.2) is 4.57 Å². The van der Waals surface area contributed by atoms with Crippen molar-refractivity contribution in [2.75, 3.05) is 18.8 Å². The highest BCUT2D eigenvalue weighted by Crippen LogP contribution is 2.47. The van der Waals surface area contributed by atoms with E-state index in [0.717, 1.165) is 23.0 Å². The molecule has 0 amide bonds. The highest BCUT2D eigenvalue weighted by Gasteiger charge is 2.26. The van der Waals surface area contributed by atoms with Crippen molar-refractivity contribution in [3.63, 3.8) is 0 Å². The zero-order chi connectivity index (χ0) is 17.6. The van der Waals surface area contributed by atoms with Crippen LogP contribution in [0.15, 0.2) is 40.5 Å². The van der Waals surface area contributed by atoms with Crippen LogP contribution in [0.3, 0.4) is 0 Å². The van der Waals surface area contributed by atoms with Gasteiger partial charge in [-0.3, -0.25) is 14.7 Å². The number of allylic oxidation sites excluding steroid dienone is 3. The second-order valence-electron chi connectivity index (χ2n) is 4.98. The average molecular weight is 412 g/mol. The number of ether oxygens (including phenoxy) is 1. The molecule has 0 bridgehead atoms. The Morgan fingerprint density at radius 3 is 2.83 bits per heavy atom. The number of methoxy groups -OCH3 is 1. The molecule has 0 saturated heterocycles. The van der Waals surface area contributed by atoms with E-state index in [4.69, 9.17) is 14.5 Å². The summed E-state index contributed by atoms with van der Waals surface area (Å²) in [6.45, 7) is 2.04. The zero-order valence-electron chi connectivity index (χ0n) is 13.5. The maximum Gasteiger partial charge on any atom is 0.391 e. The lowest BCUT2D eigenvalue weighted by molar-refractivity contribution is 0.331. The number of rotatable bonds is 7. The van der Waals surface area contributed by atoms with Crippen molar-refractivity contribution in [3.05, 3.63) is 46.1 Å². The Morgan fingerprint density at radius 2 is 2.21 bits per heavy atom. The molecule has 6 nitrogen and oxygen atoms in total. The number of benzene rings is 1. The van der Waals surface area contributed by atoms with Crippen molar-refractivity contribution in [2.24, 2.45) is 0 Å². The highest BCUT2D eigenvalue weighted by atomic mass is 79.9. The predicted octanol–water partition coefficient (Wildman–Crippen LogP) is 4.67. The Labute approximate surface area is 150 Å². The lowest BCUT2D eigenvalue weighted by atomic mass is 10.2. The molecule has 24 heavy (non-hydrogen) atoms. The topological polar surface area (TPSA) is 83.4 Å². The Balaban J connectivity index is 2.29. The quantitative estimate of drug-likeness (QED) is 0.634. The van der Waals surface area contributed by atoms with Gasteiger partial charge < -0.3 is 4.74 Å². The van der Waals surface area contributed by atoms with E-state index in [1.54, 1.807) is 25.1 Å². The number of hydrogen-bond donors (Lipinski definition) is 2. The molecule has 0 aromatic heterocycles. The van der Waals surface area contributed by atoms with Crippen LogP contribution < -0.4 is 14.9 Å². The highest BCUT2D eigenvalue weighted by molar-refractivity contribution is 9.11. The van der Waals surface area contributed by atoms with Gasteiger partial charge in [0, 0.05) is 10.5 Å². The normalized spacial score (nSPS) is 16.2. The fourth-order valence-electron chi connectivity index (χ4n) is 2.18. The summed E-state index contributed by atoms with van der Waals surface area (Å²) in [6.07, 6.45) is 5.65. The van der Waals surface area contributed by atoms with Crippen molar-refractivity contribution < 1.29 is 13.8 Å². The summed E-state index contributed by atoms with van der Waals surface area (Å²) in [6, 6.07) is 6.89. The molecule has 2 N–H and O–H groups in total.